The Balaban J connectivity index is 0. The van der Waals surface area contributed by atoms with Gasteiger partial charge in [-0.05, 0) is 30.1 Å². The van der Waals surface area contributed by atoms with E-state index < -0.39 is 6.04 Å². The molecule has 0 rings (SSSR count). The van der Waals surface area contributed by atoms with Crippen LogP contribution in [0.25, 0.3) is 0 Å². The largest absolute Gasteiger partial charge is 0.396 e. The zero-order valence-corrected chi connectivity index (χ0v) is 13.7. The number of carbonyl (C=O) groups is 1. The Morgan fingerprint density at radius 1 is 1.32 bits per heavy atom. The summed E-state index contributed by atoms with van der Waals surface area (Å²) < 4.78 is 0. The molecule has 0 radical (unpaired) electrons. The summed E-state index contributed by atoms with van der Waals surface area (Å²) in [5.74, 6) is 0.787. The van der Waals surface area contributed by atoms with Gasteiger partial charge in [-0.15, -0.1) is 12.4 Å². The smallest absolute Gasteiger partial charge is 0.237 e. The molecule has 0 spiro atoms. The summed E-state index contributed by atoms with van der Waals surface area (Å²) in [6, 6.07) is -0.494. The lowest BCUT2D eigenvalue weighted by molar-refractivity contribution is -0.124. The van der Waals surface area contributed by atoms with Crippen LogP contribution in [0.15, 0.2) is 0 Å². The zero-order valence-electron chi connectivity index (χ0n) is 12.9. The highest BCUT2D eigenvalue weighted by atomic mass is 35.5. The molecule has 0 aliphatic heterocycles. The number of rotatable bonds is 7. The second kappa shape index (κ2) is 9.56. The fraction of sp³-hybridized carbons (Fsp3) is 0.929. The molecule has 2 atom stereocenters. The van der Waals surface area contributed by atoms with Crippen LogP contribution in [0.2, 0.25) is 0 Å². The van der Waals surface area contributed by atoms with Crippen molar-refractivity contribution in [3.8, 4) is 0 Å². The average molecular weight is 295 g/mol. The van der Waals surface area contributed by atoms with Gasteiger partial charge in [-0.1, -0.05) is 34.6 Å². The minimum absolute atomic E-state index is 0. The topological polar surface area (TPSA) is 75.3 Å². The Bertz CT molecular complexity index is 252. The molecule has 116 valence electrons. The average Bonchev–Trinajstić information content (AvgIpc) is 2.22. The van der Waals surface area contributed by atoms with Crippen molar-refractivity contribution < 1.29 is 9.90 Å². The van der Waals surface area contributed by atoms with E-state index in [0.29, 0.717) is 18.4 Å². The van der Waals surface area contributed by atoms with Crippen LogP contribution in [-0.4, -0.2) is 30.2 Å². The molecule has 1 amide bonds. The van der Waals surface area contributed by atoms with Crippen LogP contribution in [-0.2, 0) is 4.79 Å². The third-order valence-corrected chi connectivity index (χ3v) is 3.12. The van der Waals surface area contributed by atoms with Crippen LogP contribution >= 0.6 is 12.4 Å². The maximum atomic E-state index is 11.9. The van der Waals surface area contributed by atoms with Crippen molar-refractivity contribution in [3.05, 3.63) is 0 Å². The standard InChI is InChI=1S/C14H30N2O2.ClH/c1-10(2)8-11(6-7-17)9-16-13(18)12(15)14(3,4)5;/h10-12,17H,6-9,15H2,1-5H3,(H,16,18);1H/t11?,12-;/m1./s1. The summed E-state index contributed by atoms with van der Waals surface area (Å²) in [5.41, 5.74) is 5.67. The van der Waals surface area contributed by atoms with Gasteiger partial charge in [0.25, 0.3) is 0 Å². The third-order valence-electron chi connectivity index (χ3n) is 3.12. The van der Waals surface area contributed by atoms with E-state index in [1.807, 2.05) is 20.8 Å². The van der Waals surface area contributed by atoms with Crippen LogP contribution in [0.5, 0.6) is 0 Å². The second-order valence-electron chi connectivity index (χ2n) is 6.60. The fourth-order valence-electron chi connectivity index (χ4n) is 1.90. The van der Waals surface area contributed by atoms with Crippen molar-refractivity contribution in [2.75, 3.05) is 13.2 Å². The van der Waals surface area contributed by atoms with Gasteiger partial charge in [-0.2, -0.15) is 0 Å². The maximum absolute atomic E-state index is 11.9. The SMILES string of the molecule is CC(C)CC(CCO)CNC(=O)[C@@H](N)C(C)(C)C.Cl. The van der Waals surface area contributed by atoms with Crippen LogP contribution in [0.4, 0.5) is 0 Å². The summed E-state index contributed by atoms with van der Waals surface area (Å²) in [6.45, 7) is 10.9. The van der Waals surface area contributed by atoms with Crippen LogP contribution in [0.1, 0.15) is 47.5 Å². The van der Waals surface area contributed by atoms with Crippen molar-refractivity contribution in [3.63, 3.8) is 0 Å². The lowest BCUT2D eigenvalue weighted by Gasteiger charge is -2.27. The van der Waals surface area contributed by atoms with Crippen molar-refractivity contribution in [2.45, 2.75) is 53.5 Å². The van der Waals surface area contributed by atoms with Gasteiger partial charge < -0.3 is 16.2 Å². The van der Waals surface area contributed by atoms with E-state index in [9.17, 15) is 4.79 Å². The molecule has 4 nitrogen and oxygen atoms in total. The Morgan fingerprint density at radius 2 is 1.84 bits per heavy atom. The highest BCUT2D eigenvalue weighted by Crippen LogP contribution is 2.18. The van der Waals surface area contributed by atoms with Gasteiger partial charge in [0.2, 0.25) is 5.91 Å². The number of nitrogens with one attached hydrogen (secondary N) is 1. The Kier molecular flexibility index (Phi) is 10.6. The van der Waals surface area contributed by atoms with E-state index in [1.165, 1.54) is 0 Å². The van der Waals surface area contributed by atoms with E-state index in [0.717, 1.165) is 12.8 Å². The van der Waals surface area contributed by atoms with Gasteiger partial charge in [-0.25, -0.2) is 0 Å². The minimum Gasteiger partial charge on any atom is -0.396 e. The number of carbonyl (C=O) groups excluding carboxylic acids is 1. The molecule has 1 unspecified atom stereocenters. The molecule has 19 heavy (non-hydrogen) atoms. The Morgan fingerprint density at radius 3 is 2.21 bits per heavy atom. The van der Waals surface area contributed by atoms with Gasteiger partial charge in [0, 0.05) is 13.2 Å². The Labute approximate surface area is 123 Å². The van der Waals surface area contributed by atoms with E-state index in [-0.39, 0.29) is 30.3 Å². The number of hydrogen-bond acceptors (Lipinski definition) is 3. The molecule has 0 saturated carbocycles. The summed E-state index contributed by atoms with van der Waals surface area (Å²) >= 11 is 0. The summed E-state index contributed by atoms with van der Waals surface area (Å²) in [6.07, 6.45) is 1.73. The lowest BCUT2D eigenvalue weighted by Crippen LogP contribution is -2.49. The normalized spacial score (nSPS) is 14.7. The van der Waals surface area contributed by atoms with Gasteiger partial charge in [0.1, 0.15) is 0 Å². The molecule has 0 aromatic carbocycles. The molecule has 5 heteroatoms. The highest BCUT2D eigenvalue weighted by Gasteiger charge is 2.27. The fourth-order valence-corrected chi connectivity index (χ4v) is 1.90. The molecular weight excluding hydrogens is 264 g/mol. The molecule has 0 aliphatic carbocycles. The minimum atomic E-state index is -0.494. The predicted octanol–water partition coefficient (Wildman–Crippen LogP) is 1.94. The van der Waals surface area contributed by atoms with Gasteiger partial charge in [0.05, 0.1) is 6.04 Å². The number of aliphatic hydroxyl groups excluding tert-OH is 1. The first-order valence-electron chi connectivity index (χ1n) is 6.82. The molecule has 0 heterocycles. The zero-order chi connectivity index (χ0) is 14.3. The summed E-state index contributed by atoms with van der Waals surface area (Å²) in [4.78, 5) is 11.9. The molecule has 0 saturated heterocycles. The molecule has 4 N–H and O–H groups in total. The molecular formula is C14H31ClN2O2. The van der Waals surface area contributed by atoms with Crippen molar-refractivity contribution in [1.82, 2.24) is 5.32 Å². The van der Waals surface area contributed by atoms with Gasteiger partial charge >= 0.3 is 0 Å². The molecule has 0 aromatic heterocycles. The number of halogens is 1. The third kappa shape index (κ3) is 9.25. The van der Waals surface area contributed by atoms with E-state index >= 15 is 0 Å². The quantitative estimate of drug-likeness (QED) is 0.672. The van der Waals surface area contributed by atoms with Gasteiger partial charge in [0.15, 0.2) is 0 Å². The Hall–Kier alpha value is -0.320. The molecule has 0 aromatic rings. The van der Waals surface area contributed by atoms with E-state index in [4.69, 9.17) is 10.8 Å². The first-order valence-corrected chi connectivity index (χ1v) is 6.82. The van der Waals surface area contributed by atoms with Crippen molar-refractivity contribution >= 4 is 18.3 Å². The first-order chi connectivity index (χ1) is 8.18. The summed E-state index contributed by atoms with van der Waals surface area (Å²) in [5, 5.41) is 11.9. The van der Waals surface area contributed by atoms with Gasteiger partial charge in [-0.3, -0.25) is 4.79 Å². The van der Waals surface area contributed by atoms with Crippen LogP contribution in [0, 0.1) is 17.3 Å². The first kappa shape index (κ1) is 21.0. The number of hydrogen-bond donors (Lipinski definition) is 3. The van der Waals surface area contributed by atoms with Crippen molar-refractivity contribution in [2.24, 2.45) is 23.0 Å². The molecule has 0 fully saturated rings. The predicted molar refractivity (Wildman–Crippen MR) is 82.3 cm³/mol. The van der Waals surface area contributed by atoms with Crippen LogP contribution in [0.3, 0.4) is 0 Å². The number of amides is 1. The summed E-state index contributed by atoms with van der Waals surface area (Å²) in [7, 11) is 0. The molecule has 0 aliphatic rings. The van der Waals surface area contributed by atoms with Crippen LogP contribution < -0.4 is 11.1 Å². The monoisotopic (exact) mass is 294 g/mol. The number of aliphatic hydroxyl groups is 1. The van der Waals surface area contributed by atoms with E-state index in [1.54, 1.807) is 0 Å². The molecule has 0 bridgehead atoms. The second-order valence-corrected chi connectivity index (χ2v) is 6.60. The maximum Gasteiger partial charge on any atom is 0.237 e. The lowest BCUT2D eigenvalue weighted by atomic mass is 9.86. The highest BCUT2D eigenvalue weighted by molar-refractivity contribution is 5.85. The number of nitrogens with two attached hydrogens (primary N) is 1. The van der Waals surface area contributed by atoms with E-state index in [2.05, 4.69) is 19.2 Å². The van der Waals surface area contributed by atoms with Crippen molar-refractivity contribution in [1.29, 1.82) is 0 Å².